The summed E-state index contributed by atoms with van der Waals surface area (Å²) < 4.78 is 5.14. The summed E-state index contributed by atoms with van der Waals surface area (Å²) in [5.41, 5.74) is 6.29. The van der Waals surface area contributed by atoms with Crippen molar-refractivity contribution in [3.63, 3.8) is 0 Å². The summed E-state index contributed by atoms with van der Waals surface area (Å²) in [7, 11) is 0. The maximum Gasteiger partial charge on any atom is 0.255 e. The van der Waals surface area contributed by atoms with Crippen LogP contribution in [0.3, 0.4) is 0 Å². The van der Waals surface area contributed by atoms with Crippen molar-refractivity contribution in [2.75, 3.05) is 19.6 Å². The molecule has 1 fully saturated rings. The maximum atomic E-state index is 12.2. The lowest BCUT2D eigenvalue weighted by Crippen LogP contribution is -2.51. The van der Waals surface area contributed by atoms with E-state index in [0.717, 1.165) is 0 Å². The molecule has 0 aromatic carbocycles. The molecule has 3 amide bonds. The second kappa shape index (κ2) is 10.3. The number of nitrogens with two attached hydrogens (primary N) is 1. The molecule has 2 rings (SSSR count). The van der Waals surface area contributed by atoms with Crippen LogP contribution in [0.15, 0.2) is 16.7 Å². The van der Waals surface area contributed by atoms with Gasteiger partial charge in [0.15, 0.2) is 0 Å². The normalized spacial score (nSPS) is 15.8. The zero-order valence-electron chi connectivity index (χ0n) is 16.0. The van der Waals surface area contributed by atoms with Crippen LogP contribution in [0, 0.1) is 12.8 Å². The fraction of sp³-hybridized carbons (Fsp3) is 0.611. The number of hydrogen-bond acceptors (Lipinski definition) is 5. The molecular weight excluding hydrogens is 372 g/mol. The van der Waals surface area contributed by atoms with E-state index < -0.39 is 6.04 Å². The molecule has 1 aliphatic heterocycles. The Hall–Kier alpha value is -2.06. The van der Waals surface area contributed by atoms with Crippen molar-refractivity contribution in [3.8, 4) is 0 Å². The highest BCUT2D eigenvalue weighted by Gasteiger charge is 2.25. The van der Waals surface area contributed by atoms with E-state index in [-0.39, 0.29) is 48.6 Å². The van der Waals surface area contributed by atoms with E-state index in [9.17, 15) is 14.4 Å². The van der Waals surface area contributed by atoms with Gasteiger partial charge in [0.25, 0.3) is 5.91 Å². The Morgan fingerprint density at radius 1 is 1.30 bits per heavy atom. The molecule has 0 saturated carbocycles. The number of rotatable bonds is 6. The second-order valence-electron chi connectivity index (χ2n) is 7.01. The van der Waals surface area contributed by atoms with Crippen molar-refractivity contribution in [3.05, 3.63) is 23.7 Å². The predicted octanol–water partition coefficient (Wildman–Crippen LogP) is 0.830. The first-order chi connectivity index (χ1) is 12.3. The van der Waals surface area contributed by atoms with E-state index in [4.69, 9.17) is 10.2 Å². The minimum Gasteiger partial charge on any atom is -0.469 e. The lowest BCUT2D eigenvalue weighted by molar-refractivity contribution is -0.134. The van der Waals surface area contributed by atoms with E-state index in [1.54, 1.807) is 17.9 Å². The largest absolute Gasteiger partial charge is 0.469 e. The van der Waals surface area contributed by atoms with Crippen molar-refractivity contribution in [1.29, 1.82) is 0 Å². The molecule has 1 aliphatic rings. The van der Waals surface area contributed by atoms with E-state index in [0.29, 0.717) is 37.3 Å². The van der Waals surface area contributed by atoms with Crippen molar-refractivity contribution in [2.45, 2.75) is 45.7 Å². The maximum absolute atomic E-state index is 12.2. The predicted molar refractivity (Wildman–Crippen MR) is 104 cm³/mol. The molecule has 152 valence electrons. The van der Waals surface area contributed by atoms with Gasteiger partial charge in [0.2, 0.25) is 11.8 Å². The van der Waals surface area contributed by atoms with E-state index in [2.05, 4.69) is 10.6 Å². The zero-order chi connectivity index (χ0) is 19.3. The number of hydrogen-bond donors (Lipinski definition) is 3. The van der Waals surface area contributed by atoms with Gasteiger partial charge in [-0.1, -0.05) is 13.8 Å². The van der Waals surface area contributed by atoms with Gasteiger partial charge in [0.1, 0.15) is 5.76 Å². The lowest BCUT2D eigenvalue weighted by atomic mass is 10.0. The third kappa shape index (κ3) is 6.25. The van der Waals surface area contributed by atoms with Crippen LogP contribution in [-0.4, -0.2) is 54.3 Å². The van der Waals surface area contributed by atoms with Crippen LogP contribution >= 0.6 is 12.4 Å². The second-order valence-corrected chi connectivity index (χ2v) is 7.01. The number of carbonyl (C=O) groups excluding carboxylic acids is 3. The van der Waals surface area contributed by atoms with E-state index >= 15 is 0 Å². The number of piperidine rings is 1. The summed E-state index contributed by atoms with van der Waals surface area (Å²) in [6, 6.07) is 1.05. The molecule has 0 spiro atoms. The molecule has 4 N–H and O–H groups in total. The molecule has 1 saturated heterocycles. The van der Waals surface area contributed by atoms with Gasteiger partial charge in [-0.3, -0.25) is 14.4 Å². The van der Waals surface area contributed by atoms with E-state index in [1.165, 1.54) is 6.26 Å². The Bertz CT molecular complexity index is 654. The summed E-state index contributed by atoms with van der Waals surface area (Å²) in [4.78, 5) is 37.9. The van der Waals surface area contributed by atoms with Crippen molar-refractivity contribution >= 4 is 30.1 Å². The smallest absolute Gasteiger partial charge is 0.255 e. The topological polar surface area (TPSA) is 118 Å². The number of likely N-dealkylation sites (tertiary alicyclic amines) is 1. The molecule has 0 bridgehead atoms. The van der Waals surface area contributed by atoms with E-state index in [1.807, 2.05) is 13.8 Å². The Morgan fingerprint density at radius 2 is 1.93 bits per heavy atom. The number of halogens is 1. The number of furan rings is 1. The number of nitrogens with zero attached hydrogens (tertiary/aromatic N) is 1. The summed E-state index contributed by atoms with van der Waals surface area (Å²) in [6.45, 7) is 6.49. The van der Waals surface area contributed by atoms with Crippen molar-refractivity contribution < 1.29 is 18.8 Å². The van der Waals surface area contributed by atoms with Gasteiger partial charge in [-0.15, -0.1) is 12.4 Å². The van der Waals surface area contributed by atoms with Gasteiger partial charge < -0.3 is 25.7 Å². The minimum atomic E-state index is -0.616. The monoisotopic (exact) mass is 400 g/mol. The molecule has 8 nitrogen and oxygen atoms in total. The third-order valence-electron chi connectivity index (χ3n) is 4.72. The van der Waals surface area contributed by atoms with Gasteiger partial charge in [0, 0.05) is 19.1 Å². The highest BCUT2D eigenvalue weighted by molar-refractivity contribution is 5.95. The lowest BCUT2D eigenvalue weighted by Gasteiger charge is -2.32. The summed E-state index contributed by atoms with van der Waals surface area (Å²) in [6.07, 6.45) is 2.84. The molecule has 9 heteroatoms. The Labute approximate surface area is 165 Å². The molecule has 0 aliphatic carbocycles. The molecule has 1 aromatic heterocycles. The number of nitrogens with one attached hydrogen (secondary N) is 2. The average Bonchev–Trinajstić information content (AvgIpc) is 3.05. The van der Waals surface area contributed by atoms with Gasteiger partial charge in [-0.2, -0.15) is 0 Å². The molecular formula is C18H29ClN4O4. The Kier molecular flexibility index (Phi) is 8.78. The first-order valence-corrected chi connectivity index (χ1v) is 8.95. The number of carbonyl (C=O) groups is 3. The quantitative estimate of drug-likeness (QED) is 0.653. The van der Waals surface area contributed by atoms with Crippen molar-refractivity contribution in [1.82, 2.24) is 15.5 Å². The molecule has 2 heterocycles. The summed E-state index contributed by atoms with van der Waals surface area (Å²) in [5.74, 6) is 0.000453. The van der Waals surface area contributed by atoms with Gasteiger partial charge in [0.05, 0.1) is 24.4 Å². The fourth-order valence-electron chi connectivity index (χ4n) is 2.85. The number of aryl methyl sites for hydroxylation is 1. The SMILES string of the molecule is Cc1occc1C(=O)NC1CCN(C(=O)CNC(=O)[C@@H](N)C(C)C)CC1.Cl. The van der Waals surface area contributed by atoms with Crippen molar-refractivity contribution in [2.24, 2.45) is 11.7 Å². The third-order valence-corrected chi connectivity index (χ3v) is 4.72. The molecule has 27 heavy (non-hydrogen) atoms. The van der Waals surface area contributed by atoms with Crippen LogP contribution in [0.1, 0.15) is 42.8 Å². The Morgan fingerprint density at radius 3 is 2.44 bits per heavy atom. The molecule has 0 unspecified atom stereocenters. The van der Waals surface area contributed by atoms with Gasteiger partial charge in [-0.05, 0) is 31.7 Å². The van der Waals surface area contributed by atoms with Gasteiger partial charge >= 0.3 is 0 Å². The number of amides is 3. The van der Waals surface area contributed by atoms with Crippen LogP contribution in [0.25, 0.3) is 0 Å². The van der Waals surface area contributed by atoms with Crippen LogP contribution in [0.5, 0.6) is 0 Å². The van der Waals surface area contributed by atoms with Crippen LogP contribution in [-0.2, 0) is 9.59 Å². The van der Waals surface area contributed by atoms with Crippen LogP contribution in [0.2, 0.25) is 0 Å². The standard InChI is InChI=1S/C18H28N4O4.ClH/c1-11(2)16(19)18(25)20-10-15(23)22-7-4-13(5-8-22)21-17(24)14-6-9-26-12(14)3;/h6,9,11,13,16H,4-5,7-8,10,19H2,1-3H3,(H,20,25)(H,21,24);1H/t16-;/m0./s1. The molecule has 1 atom stereocenters. The Balaban J connectivity index is 0.00000364. The first-order valence-electron chi connectivity index (χ1n) is 8.95. The molecule has 0 radical (unpaired) electrons. The average molecular weight is 401 g/mol. The minimum absolute atomic E-state index is 0. The highest BCUT2D eigenvalue weighted by Crippen LogP contribution is 2.13. The first kappa shape index (κ1) is 23.0. The van der Waals surface area contributed by atoms with Crippen LogP contribution in [0.4, 0.5) is 0 Å². The van der Waals surface area contributed by atoms with Gasteiger partial charge in [-0.25, -0.2) is 0 Å². The van der Waals surface area contributed by atoms with Crippen LogP contribution < -0.4 is 16.4 Å². The zero-order valence-corrected chi connectivity index (χ0v) is 16.8. The summed E-state index contributed by atoms with van der Waals surface area (Å²) in [5, 5.41) is 5.57. The highest BCUT2D eigenvalue weighted by atomic mass is 35.5. The summed E-state index contributed by atoms with van der Waals surface area (Å²) >= 11 is 0. The molecule has 1 aromatic rings. The fourth-order valence-corrected chi connectivity index (χ4v) is 2.85.